The van der Waals surface area contributed by atoms with Crippen molar-refractivity contribution in [3.8, 4) is 23.0 Å². The van der Waals surface area contributed by atoms with Gasteiger partial charge in [0.2, 0.25) is 12.6 Å². The molecule has 15 atom stereocenters. The average molecular weight is 759 g/mol. The molecular weight excluding hydrogens is 716 g/mol. The van der Waals surface area contributed by atoms with Gasteiger partial charge < -0.3 is 94.8 Å². The third-order valence-electron chi connectivity index (χ3n) is 8.91. The van der Waals surface area contributed by atoms with E-state index in [1.165, 1.54) is 30.3 Å². The van der Waals surface area contributed by atoms with Gasteiger partial charge in [0.1, 0.15) is 102 Å². The Morgan fingerprint density at radius 2 is 1.11 bits per heavy atom. The van der Waals surface area contributed by atoms with Crippen LogP contribution in [0.25, 0.3) is 6.08 Å². The van der Waals surface area contributed by atoms with Gasteiger partial charge in [-0.1, -0.05) is 18.2 Å². The Morgan fingerprint density at radius 1 is 0.623 bits per heavy atom. The van der Waals surface area contributed by atoms with Gasteiger partial charge >= 0.3 is 0 Å². The summed E-state index contributed by atoms with van der Waals surface area (Å²) < 4.78 is 33.0. The molecule has 0 amide bonds. The summed E-state index contributed by atoms with van der Waals surface area (Å²) in [6.45, 7) is -2.24. The molecule has 20 heteroatoms. The molecule has 2 aromatic rings. The Balaban J connectivity index is 1.39. The van der Waals surface area contributed by atoms with Gasteiger partial charge in [0, 0.05) is 12.1 Å². The SMILES string of the molecule is O=C(/C=C/c1ccc(O)cc1)c1c(O)cc(O[C@@H]2O[C@H](CO[C@@H]3O[C@H](CO)[C@@H](O)[C@H](O)[C@H]3O)[C@@H](O)[C@H](O)[C@H]2O)cc1O[C@@H]1O[C@H](CO)[C@@H](O)[C@H](O)[C@H]1O. The summed E-state index contributed by atoms with van der Waals surface area (Å²) in [6, 6.07) is 7.59. The minimum atomic E-state index is -1.96. The van der Waals surface area contributed by atoms with E-state index in [9.17, 15) is 71.2 Å². The summed E-state index contributed by atoms with van der Waals surface area (Å²) in [4.78, 5) is 13.4. The molecule has 2 aromatic carbocycles. The highest BCUT2D eigenvalue weighted by molar-refractivity contribution is 6.10. The van der Waals surface area contributed by atoms with Crippen LogP contribution in [0.1, 0.15) is 15.9 Å². The van der Waals surface area contributed by atoms with E-state index < -0.39 is 141 Å². The van der Waals surface area contributed by atoms with Gasteiger partial charge in [-0.15, -0.1) is 0 Å². The zero-order valence-corrected chi connectivity index (χ0v) is 27.6. The van der Waals surface area contributed by atoms with Crippen molar-refractivity contribution in [2.75, 3.05) is 19.8 Å². The largest absolute Gasteiger partial charge is 0.508 e. The second-order valence-electron chi connectivity index (χ2n) is 12.6. The molecule has 3 aliphatic rings. The van der Waals surface area contributed by atoms with E-state index >= 15 is 0 Å². The van der Waals surface area contributed by atoms with Crippen molar-refractivity contribution in [1.29, 1.82) is 0 Å². The van der Waals surface area contributed by atoms with Gasteiger partial charge in [-0.05, 0) is 23.8 Å². The molecule has 0 aromatic heterocycles. The van der Waals surface area contributed by atoms with Crippen LogP contribution in [0.5, 0.6) is 23.0 Å². The lowest BCUT2D eigenvalue weighted by Crippen LogP contribution is -2.62. The molecule has 3 aliphatic heterocycles. The Kier molecular flexibility index (Phi) is 13.2. The number of hydrogen-bond acceptors (Lipinski definition) is 20. The molecule has 20 nitrogen and oxygen atoms in total. The monoisotopic (exact) mass is 758 g/mol. The second-order valence-corrected chi connectivity index (χ2v) is 12.6. The Morgan fingerprint density at radius 3 is 1.68 bits per heavy atom. The molecule has 13 N–H and O–H groups in total. The molecule has 3 fully saturated rings. The maximum atomic E-state index is 13.4. The number of ether oxygens (including phenoxy) is 6. The quantitative estimate of drug-likeness (QED) is 0.0713. The number of aromatic hydroxyl groups is 2. The minimum absolute atomic E-state index is 0.0290. The highest BCUT2D eigenvalue weighted by Crippen LogP contribution is 2.38. The van der Waals surface area contributed by atoms with Gasteiger partial charge in [0.05, 0.1) is 19.8 Å². The van der Waals surface area contributed by atoms with Crippen LogP contribution in [-0.4, -0.2) is 184 Å². The van der Waals surface area contributed by atoms with Crippen molar-refractivity contribution in [3.05, 3.63) is 53.6 Å². The van der Waals surface area contributed by atoms with Gasteiger partial charge in [0.15, 0.2) is 12.1 Å². The first-order valence-electron chi connectivity index (χ1n) is 16.3. The van der Waals surface area contributed by atoms with Crippen molar-refractivity contribution in [2.24, 2.45) is 0 Å². The van der Waals surface area contributed by atoms with E-state index in [1.807, 2.05) is 0 Å². The molecule has 0 spiro atoms. The standard InChI is InChI=1S/C33H42O20/c34-9-18-22(39)25(42)28(45)31(51-18)48-11-20-24(41)27(44)29(46)32(53-20)49-14-7-16(38)21(15(37)6-3-12-1-4-13(36)5-2-12)17(8-14)50-33-30(47)26(43)23(40)19(10-35)52-33/h1-8,18-20,22-36,38-47H,9-11H2/b6-3+/t18-,19-,20-,22-,23-,24-,25+,26+,27+,28-,29-,30-,31-,32-,33-/m1/s1. The minimum Gasteiger partial charge on any atom is -0.508 e. The van der Waals surface area contributed by atoms with Crippen LogP contribution >= 0.6 is 0 Å². The molecule has 0 unspecified atom stereocenters. The molecule has 53 heavy (non-hydrogen) atoms. The van der Waals surface area contributed by atoms with Crippen molar-refractivity contribution in [2.45, 2.75) is 92.1 Å². The van der Waals surface area contributed by atoms with Crippen molar-refractivity contribution < 1.29 is 99.6 Å². The van der Waals surface area contributed by atoms with E-state index in [2.05, 4.69) is 0 Å². The molecule has 0 bridgehead atoms. The van der Waals surface area contributed by atoms with E-state index in [0.717, 1.165) is 18.2 Å². The van der Waals surface area contributed by atoms with Crippen LogP contribution < -0.4 is 9.47 Å². The smallest absolute Gasteiger partial charge is 0.229 e. The van der Waals surface area contributed by atoms with Crippen molar-refractivity contribution >= 4 is 11.9 Å². The molecule has 0 aliphatic carbocycles. The van der Waals surface area contributed by atoms with Crippen molar-refractivity contribution in [1.82, 2.24) is 0 Å². The fraction of sp³-hybridized carbons (Fsp3) is 0.545. The number of benzene rings is 2. The van der Waals surface area contributed by atoms with Crippen LogP contribution in [0, 0.1) is 0 Å². The lowest BCUT2D eigenvalue weighted by atomic mass is 9.98. The number of carbonyl (C=O) groups is 1. The van der Waals surface area contributed by atoms with Gasteiger partial charge in [0.25, 0.3) is 0 Å². The molecule has 0 saturated carbocycles. The highest BCUT2D eigenvalue weighted by Gasteiger charge is 2.49. The average Bonchev–Trinajstić information content (AvgIpc) is 3.14. The molecule has 294 valence electrons. The Hall–Kier alpha value is -3.55. The van der Waals surface area contributed by atoms with E-state index in [1.54, 1.807) is 0 Å². The predicted molar refractivity (Wildman–Crippen MR) is 171 cm³/mol. The third-order valence-corrected chi connectivity index (χ3v) is 8.91. The second kappa shape index (κ2) is 17.3. The van der Waals surface area contributed by atoms with E-state index in [4.69, 9.17) is 28.4 Å². The van der Waals surface area contributed by atoms with Crippen LogP contribution in [0.15, 0.2) is 42.5 Å². The summed E-state index contributed by atoms with van der Waals surface area (Å²) in [5.74, 6) is -2.64. The fourth-order valence-corrected chi connectivity index (χ4v) is 5.80. The number of aliphatic hydroxyl groups is 11. The highest BCUT2D eigenvalue weighted by atomic mass is 16.7. The summed E-state index contributed by atoms with van der Waals surface area (Å²) >= 11 is 0. The maximum Gasteiger partial charge on any atom is 0.229 e. The summed E-state index contributed by atoms with van der Waals surface area (Å²) in [5, 5.41) is 133. The molecule has 3 saturated heterocycles. The van der Waals surface area contributed by atoms with E-state index in [-0.39, 0.29) is 5.75 Å². The van der Waals surface area contributed by atoms with Gasteiger partial charge in [-0.3, -0.25) is 4.79 Å². The fourth-order valence-electron chi connectivity index (χ4n) is 5.80. The Labute approximate surface area is 300 Å². The van der Waals surface area contributed by atoms with Crippen LogP contribution in [0.2, 0.25) is 0 Å². The lowest BCUT2D eigenvalue weighted by molar-refractivity contribution is -0.323. The number of carbonyl (C=O) groups excluding carboxylic acids is 1. The normalized spacial score (nSPS) is 37.8. The van der Waals surface area contributed by atoms with Crippen LogP contribution in [-0.2, 0) is 18.9 Å². The zero-order valence-electron chi connectivity index (χ0n) is 27.6. The Bertz CT molecular complexity index is 1550. The number of aliphatic hydroxyl groups excluding tert-OH is 11. The third kappa shape index (κ3) is 8.89. The summed E-state index contributed by atoms with van der Waals surface area (Å²) in [6.07, 6.45) is -23.8. The van der Waals surface area contributed by atoms with Gasteiger partial charge in [-0.25, -0.2) is 0 Å². The summed E-state index contributed by atoms with van der Waals surface area (Å²) in [7, 11) is 0. The molecule has 3 heterocycles. The summed E-state index contributed by atoms with van der Waals surface area (Å²) in [5.41, 5.74) is -0.0584. The van der Waals surface area contributed by atoms with Crippen LogP contribution in [0.3, 0.4) is 0 Å². The predicted octanol–water partition coefficient (Wildman–Crippen LogP) is -4.82. The lowest BCUT2D eigenvalue weighted by Gasteiger charge is -2.42. The number of rotatable bonds is 12. The number of phenolic OH excluding ortho intramolecular Hbond substituents is 2. The number of phenols is 2. The van der Waals surface area contributed by atoms with Gasteiger partial charge in [-0.2, -0.15) is 0 Å². The first-order chi connectivity index (χ1) is 25.1. The molecular formula is C33H42O20. The maximum absolute atomic E-state index is 13.4. The first-order valence-corrected chi connectivity index (χ1v) is 16.3. The number of hydrogen-bond donors (Lipinski definition) is 13. The van der Waals surface area contributed by atoms with E-state index in [0.29, 0.717) is 5.56 Å². The van der Waals surface area contributed by atoms with Crippen molar-refractivity contribution in [3.63, 3.8) is 0 Å². The first kappa shape index (κ1) is 40.6. The molecule has 5 rings (SSSR count). The molecule has 0 radical (unpaired) electrons. The van der Waals surface area contributed by atoms with Crippen LogP contribution in [0.4, 0.5) is 0 Å². The number of allylic oxidation sites excluding steroid dienone is 1. The zero-order chi connectivity index (χ0) is 38.7. The topological polar surface area (TPSA) is 335 Å². The number of ketones is 1.